The number of hydrogen-bond acceptors (Lipinski definition) is 3. The summed E-state index contributed by atoms with van der Waals surface area (Å²) in [6.45, 7) is 0. The van der Waals surface area contributed by atoms with Crippen LogP contribution in [0.2, 0.25) is 0 Å². The van der Waals surface area contributed by atoms with E-state index in [1.807, 2.05) is 0 Å². The fraction of sp³-hybridized carbons (Fsp3) is 0.917. The van der Waals surface area contributed by atoms with Crippen LogP contribution >= 0.6 is 0 Å². The largest absolute Gasteiger partial charge is 0.393 e. The first-order valence-corrected chi connectivity index (χ1v) is 6.64. The molecule has 2 rings (SSSR count). The van der Waals surface area contributed by atoms with Crippen molar-refractivity contribution in [3.63, 3.8) is 0 Å². The van der Waals surface area contributed by atoms with E-state index in [-0.39, 0.29) is 24.3 Å². The molecule has 2 amide bonds. The van der Waals surface area contributed by atoms with Crippen molar-refractivity contribution in [1.29, 1.82) is 0 Å². The topological polar surface area (TPSA) is 70.6 Å². The van der Waals surface area contributed by atoms with Gasteiger partial charge in [-0.25, -0.2) is 10.3 Å². The summed E-state index contributed by atoms with van der Waals surface area (Å²) in [5.74, 6) is 0. The smallest absolute Gasteiger partial charge is 0.338 e. The number of carbonyl (C=O) groups is 1. The highest BCUT2D eigenvalue weighted by Crippen LogP contribution is 2.20. The molecule has 0 unspecified atom stereocenters. The summed E-state index contributed by atoms with van der Waals surface area (Å²) in [5, 5.41) is 12.2. The molecular weight excluding hydrogens is 220 g/mol. The van der Waals surface area contributed by atoms with Crippen molar-refractivity contribution < 1.29 is 14.7 Å². The van der Waals surface area contributed by atoms with Gasteiger partial charge in [0.15, 0.2) is 0 Å². The van der Waals surface area contributed by atoms with Gasteiger partial charge in [0.05, 0.1) is 12.2 Å². The molecule has 2 aliphatic carbocycles. The van der Waals surface area contributed by atoms with E-state index in [1.54, 1.807) is 0 Å². The summed E-state index contributed by atoms with van der Waals surface area (Å²) in [7, 11) is 0. The van der Waals surface area contributed by atoms with Gasteiger partial charge in [-0.15, -0.1) is 0 Å². The standard InChI is InChI=1S/C12H22N2O3/c15-10-7-5-9(6-8-10)13-12(16)14-17-11-3-1-2-4-11/h9-11,15H,1-8H2,(H2,13,14,16). The van der Waals surface area contributed by atoms with Crippen LogP contribution in [-0.2, 0) is 4.84 Å². The Balaban J connectivity index is 1.60. The first-order chi connectivity index (χ1) is 8.24. The molecule has 0 aromatic rings. The maximum Gasteiger partial charge on any atom is 0.338 e. The summed E-state index contributed by atoms with van der Waals surface area (Å²) < 4.78 is 0. The molecule has 0 radical (unpaired) electrons. The van der Waals surface area contributed by atoms with Crippen molar-refractivity contribution in [3.8, 4) is 0 Å². The Morgan fingerprint density at radius 2 is 1.71 bits per heavy atom. The predicted molar refractivity (Wildman–Crippen MR) is 63.3 cm³/mol. The van der Waals surface area contributed by atoms with Crippen LogP contribution < -0.4 is 10.8 Å². The number of amides is 2. The monoisotopic (exact) mass is 242 g/mol. The number of aliphatic hydroxyl groups is 1. The Morgan fingerprint density at radius 3 is 2.35 bits per heavy atom. The number of hydroxylamine groups is 1. The van der Waals surface area contributed by atoms with Gasteiger partial charge in [-0.1, -0.05) is 12.8 Å². The van der Waals surface area contributed by atoms with E-state index in [2.05, 4.69) is 10.8 Å². The van der Waals surface area contributed by atoms with Crippen molar-refractivity contribution in [2.45, 2.75) is 69.6 Å². The quantitative estimate of drug-likeness (QED) is 0.656. The second-order valence-corrected chi connectivity index (χ2v) is 5.11. The van der Waals surface area contributed by atoms with Crippen molar-refractivity contribution in [3.05, 3.63) is 0 Å². The summed E-state index contributed by atoms with van der Waals surface area (Å²) in [6.07, 6.45) is 7.69. The molecule has 5 nitrogen and oxygen atoms in total. The minimum Gasteiger partial charge on any atom is -0.393 e. The molecule has 0 heterocycles. The molecule has 0 spiro atoms. The normalized spacial score (nSPS) is 30.2. The van der Waals surface area contributed by atoms with E-state index >= 15 is 0 Å². The Labute approximate surface area is 102 Å². The summed E-state index contributed by atoms with van der Waals surface area (Å²) >= 11 is 0. The maximum absolute atomic E-state index is 11.5. The molecule has 0 aromatic heterocycles. The molecule has 0 aliphatic heterocycles. The van der Waals surface area contributed by atoms with Gasteiger partial charge >= 0.3 is 6.03 Å². The number of hydrogen-bond donors (Lipinski definition) is 3. The molecule has 3 N–H and O–H groups in total. The highest BCUT2D eigenvalue weighted by molar-refractivity contribution is 5.73. The Hall–Kier alpha value is -0.810. The highest BCUT2D eigenvalue weighted by Gasteiger charge is 2.21. The SMILES string of the molecule is O=C(NOC1CCCC1)NC1CCC(O)CC1. The van der Waals surface area contributed by atoms with Crippen molar-refractivity contribution >= 4 is 6.03 Å². The van der Waals surface area contributed by atoms with Crippen LogP contribution in [0.5, 0.6) is 0 Å². The van der Waals surface area contributed by atoms with Crippen molar-refractivity contribution in [1.82, 2.24) is 10.8 Å². The maximum atomic E-state index is 11.5. The van der Waals surface area contributed by atoms with Crippen LogP contribution in [0.4, 0.5) is 4.79 Å². The number of aliphatic hydroxyl groups excluding tert-OH is 1. The molecule has 0 saturated heterocycles. The minimum atomic E-state index is -0.252. The predicted octanol–water partition coefficient (Wildman–Crippen LogP) is 1.46. The molecule has 2 saturated carbocycles. The average molecular weight is 242 g/mol. The lowest BCUT2D eigenvalue weighted by Gasteiger charge is -2.26. The lowest BCUT2D eigenvalue weighted by Crippen LogP contribution is -2.45. The lowest BCUT2D eigenvalue weighted by molar-refractivity contribution is -0.00106. The molecule has 0 bridgehead atoms. The first kappa shape index (κ1) is 12.6. The van der Waals surface area contributed by atoms with E-state index < -0.39 is 0 Å². The van der Waals surface area contributed by atoms with E-state index in [1.165, 1.54) is 12.8 Å². The van der Waals surface area contributed by atoms with Gasteiger partial charge in [0.1, 0.15) is 0 Å². The number of urea groups is 1. The zero-order valence-electron chi connectivity index (χ0n) is 10.2. The van der Waals surface area contributed by atoms with E-state index in [4.69, 9.17) is 4.84 Å². The Kier molecular flexibility index (Phi) is 4.62. The van der Waals surface area contributed by atoms with Crippen LogP contribution in [-0.4, -0.2) is 29.4 Å². The zero-order valence-corrected chi connectivity index (χ0v) is 10.2. The van der Waals surface area contributed by atoms with Gasteiger partial charge < -0.3 is 10.4 Å². The minimum absolute atomic E-state index is 0.172. The second-order valence-electron chi connectivity index (χ2n) is 5.11. The highest BCUT2D eigenvalue weighted by atomic mass is 16.7. The molecule has 5 heteroatoms. The van der Waals surface area contributed by atoms with E-state index in [0.29, 0.717) is 0 Å². The van der Waals surface area contributed by atoms with Gasteiger partial charge in [0, 0.05) is 6.04 Å². The summed E-state index contributed by atoms with van der Waals surface area (Å²) in [4.78, 5) is 16.9. The summed E-state index contributed by atoms with van der Waals surface area (Å²) in [5.41, 5.74) is 2.47. The Morgan fingerprint density at radius 1 is 1.06 bits per heavy atom. The van der Waals surface area contributed by atoms with Gasteiger partial charge in [0.2, 0.25) is 0 Å². The molecule has 2 aliphatic rings. The third-order valence-electron chi connectivity index (χ3n) is 3.65. The molecule has 17 heavy (non-hydrogen) atoms. The van der Waals surface area contributed by atoms with Gasteiger partial charge in [0.25, 0.3) is 0 Å². The van der Waals surface area contributed by atoms with E-state index in [9.17, 15) is 9.90 Å². The summed E-state index contributed by atoms with van der Waals surface area (Å²) in [6, 6.07) is -0.0798. The van der Waals surface area contributed by atoms with Crippen molar-refractivity contribution in [2.24, 2.45) is 0 Å². The van der Waals surface area contributed by atoms with Crippen LogP contribution in [0.15, 0.2) is 0 Å². The molecular formula is C12H22N2O3. The first-order valence-electron chi connectivity index (χ1n) is 6.64. The van der Waals surface area contributed by atoms with Crippen LogP contribution in [0.25, 0.3) is 0 Å². The van der Waals surface area contributed by atoms with Gasteiger partial charge in [-0.3, -0.25) is 4.84 Å². The van der Waals surface area contributed by atoms with E-state index in [0.717, 1.165) is 38.5 Å². The zero-order chi connectivity index (χ0) is 12.1. The van der Waals surface area contributed by atoms with Gasteiger partial charge in [-0.05, 0) is 38.5 Å². The third kappa shape index (κ3) is 4.16. The lowest BCUT2D eigenvalue weighted by atomic mass is 9.93. The number of carbonyl (C=O) groups excluding carboxylic acids is 1. The average Bonchev–Trinajstić information content (AvgIpc) is 2.83. The van der Waals surface area contributed by atoms with Crippen LogP contribution in [0, 0.1) is 0 Å². The van der Waals surface area contributed by atoms with Crippen LogP contribution in [0.1, 0.15) is 51.4 Å². The molecule has 0 atom stereocenters. The Bertz CT molecular complexity index is 246. The van der Waals surface area contributed by atoms with Gasteiger partial charge in [-0.2, -0.15) is 0 Å². The fourth-order valence-electron chi connectivity index (χ4n) is 2.58. The number of rotatable bonds is 3. The fourth-order valence-corrected chi connectivity index (χ4v) is 2.58. The second kappa shape index (κ2) is 6.21. The van der Waals surface area contributed by atoms with Crippen molar-refractivity contribution in [2.75, 3.05) is 0 Å². The molecule has 2 fully saturated rings. The number of nitrogens with one attached hydrogen (secondary N) is 2. The van der Waals surface area contributed by atoms with Crippen LogP contribution in [0.3, 0.4) is 0 Å². The molecule has 0 aromatic carbocycles. The third-order valence-corrected chi connectivity index (χ3v) is 3.65. The molecule has 98 valence electrons.